The van der Waals surface area contributed by atoms with Crippen molar-refractivity contribution in [3.8, 4) is 0 Å². The van der Waals surface area contributed by atoms with Crippen LogP contribution in [0, 0.1) is 11.6 Å². The molecule has 1 aliphatic rings. The van der Waals surface area contributed by atoms with Crippen LogP contribution in [-0.2, 0) is 0 Å². The summed E-state index contributed by atoms with van der Waals surface area (Å²) in [6.07, 6.45) is -1.20. The Bertz CT molecular complexity index is 522. The molecule has 0 radical (unpaired) electrons. The second kappa shape index (κ2) is 6.58. The molecule has 1 N–H and O–H groups in total. The second-order valence-corrected chi connectivity index (χ2v) is 5.41. The fraction of sp³-hybridized carbons (Fsp3) is 0.385. The monoisotopic (exact) mass is 309 g/mol. The minimum absolute atomic E-state index is 0.0597. The Kier molecular flexibility index (Phi) is 5.04. The highest BCUT2D eigenvalue weighted by atomic mass is 32.2. The Morgan fingerprint density at radius 3 is 2.35 bits per heavy atom. The molecule has 1 saturated heterocycles. The second-order valence-electron chi connectivity index (χ2n) is 4.44. The molecule has 7 heteroatoms. The summed E-state index contributed by atoms with van der Waals surface area (Å²) in [7, 11) is 0. The van der Waals surface area contributed by atoms with Crippen molar-refractivity contribution in [2.45, 2.75) is 23.7 Å². The van der Waals surface area contributed by atoms with Crippen LogP contribution in [-0.4, -0.2) is 13.1 Å². The number of piperidine rings is 1. The van der Waals surface area contributed by atoms with Gasteiger partial charge in [-0.2, -0.15) is 13.2 Å². The Hall–Kier alpha value is -1.08. The van der Waals surface area contributed by atoms with Crippen molar-refractivity contribution in [3.63, 3.8) is 0 Å². The molecule has 0 saturated carbocycles. The molecule has 0 unspecified atom stereocenters. The highest BCUT2D eigenvalue weighted by Crippen LogP contribution is 2.40. The van der Waals surface area contributed by atoms with Crippen molar-refractivity contribution < 1.29 is 22.0 Å². The van der Waals surface area contributed by atoms with E-state index in [1.165, 1.54) is 6.07 Å². The normalized spacial score (nSPS) is 16.2. The fourth-order valence-corrected chi connectivity index (χ4v) is 3.03. The highest BCUT2D eigenvalue weighted by Gasteiger charge is 2.24. The molecule has 20 heavy (non-hydrogen) atoms. The fourth-order valence-electron chi connectivity index (χ4n) is 2.23. The molecule has 1 nitrogen and oxygen atoms in total. The van der Waals surface area contributed by atoms with Gasteiger partial charge in [0.1, 0.15) is 0 Å². The van der Waals surface area contributed by atoms with Gasteiger partial charge in [-0.15, -0.1) is 0 Å². The average molecular weight is 309 g/mol. The first kappa shape index (κ1) is 15.3. The molecule has 1 aromatic carbocycles. The average Bonchev–Trinajstić information content (AvgIpc) is 2.45. The maximum Gasteiger partial charge on any atom is 0.312 e. The van der Waals surface area contributed by atoms with Gasteiger partial charge in [0.2, 0.25) is 5.16 Å². The topological polar surface area (TPSA) is 12.0 Å². The van der Waals surface area contributed by atoms with E-state index in [0.29, 0.717) is 31.5 Å². The number of halogens is 5. The molecular formula is C13H12F5NS. The number of rotatable bonds is 3. The van der Waals surface area contributed by atoms with Crippen LogP contribution >= 0.6 is 11.8 Å². The van der Waals surface area contributed by atoms with Gasteiger partial charge in [-0.3, -0.25) is 0 Å². The summed E-state index contributed by atoms with van der Waals surface area (Å²) < 4.78 is 64.5. The molecule has 110 valence electrons. The predicted molar refractivity (Wildman–Crippen MR) is 67.4 cm³/mol. The summed E-state index contributed by atoms with van der Waals surface area (Å²) in [4.78, 5) is -0.387. The Morgan fingerprint density at radius 1 is 1.10 bits per heavy atom. The molecule has 0 bridgehead atoms. The van der Waals surface area contributed by atoms with E-state index >= 15 is 0 Å². The summed E-state index contributed by atoms with van der Waals surface area (Å²) >= 11 is -0.0597. The van der Waals surface area contributed by atoms with Gasteiger partial charge in [0.15, 0.2) is 11.6 Å². The van der Waals surface area contributed by atoms with E-state index in [-0.39, 0.29) is 22.6 Å². The Balaban J connectivity index is 2.40. The SMILES string of the molecule is FC(F)=C(F)Sc1c(C2CCNCC2)ccc(F)c1F. The molecule has 0 amide bonds. The van der Waals surface area contributed by atoms with Gasteiger partial charge < -0.3 is 5.32 Å². The van der Waals surface area contributed by atoms with E-state index in [1.807, 2.05) is 0 Å². The first-order chi connectivity index (χ1) is 9.50. The van der Waals surface area contributed by atoms with E-state index in [1.54, 1.807) is 0 Å². The van der Waals surface area contributed by atoms with Crippen LogP contribution in [0.2, 0.25) is 0 Å². The summed E-state index contributed by atoms with van der Waals surface area (Å²) in [5.41, 5.74) is 0.381. The van der Waals surface area contributed by atoms with Crippen molar-refractivity contribution >= 4 is 11.8 Å². The summed E-state index contributed by atoms with van der Waals surface area (Å²) in [5, 5.41) is 1.31. The van der Waals surface area contributed by atoms with Crippen molar-refractivity contribution in [1.29, 1.82) is 0 Å². The van der Waals surface area contributed by atoms with Gasteiger partial charge in [0, 0.05) is 0 Å². The van der Waals surface area contributed by atoms with Gasteiger partial charge in [-0.05, 0) is 43.5 Å². The van der Waals surface area contributed by atoms with Crippen LogP contribution in [0.5, 0.6) is 0 Å². The smallest absolute Gasteiger partial charge is 0.312 e. The molecule has 2 rings (SSSR count). The molecule has 0 aromatic heterocycles. The lowest BCUT2D eigenvalue weighted by Gasteiger charge is -2.25. The lowest BCUT2D eigenvalue weighted by atomic mass is 9.90. The molecular weight excluding hydrogens is 297 g/mol. The number of nitrogens with one attached hydrogen (secondary N) is 1. The quantitative estimate of drug-likeness (QED) is 0.649. The van der Waals surface area contributed by atoms with E-state index in [9.17, 15) is 22.0 Å². The van der Waals surface area contributed by atoms with Gasteiger partial charge in [0.25, 0.3) is 0 Å². The van der Waals surface area contributed by atoms with E-state index in [4.69, 9.17) is 0 Å². The molecule has 0 spiro atoms. The van der Waals surface area contributed by atoms with Crippen molar-refractivity contribution in [3.05, 3.63) is 40.6 Å². The summed E-state index contributed by atoms with van der Waals surface area (Å²) in [5.74, 6) is -2.54. The van der Waals surface area contributed by atoms with Gasteiger partial charge in [0.05, 0.1) is 4.90 Å². The highest BCUT2D eigenvalue weighted by molar-refractivity contribution is 8.03. The van der Waals surface area contributed by atoms with Crippen LogP contribution < -0.4 is 5.32 Å². The summed E-state index contributed by atoms with van der Waals surface area (Å²) in [6, 6.07) is 2.30. The molecule has 1 aromatic rings. The lowest BCUT2D eigenvalue weighted by molar-refractivity contribution is 0.394. The van der Waals surface area contributed by atoms with Crippen LogP contribution in [0.15, 0.2) is 28.3 Å². The Labute approximate surface area is 117 Å². The van der Waals surface area contributed by atoms with Gasteiger partial charge in [-0.25, -0.2) is 8.78 Å². The van der Waals surface area contributed by atoms with Crippen molar-refractivity contribution in [2.24, 2.45) is 0 Å². The van der Waals surface area contributed by atoms with Crippen LogP contribution in [0.4, 0.5) is 22.0 Å². The minimum atomic E-state index is -2.53. The van der Waals surface area contributed by atoms with Gasteiger partial charge in [-0.1, -0.05) is 17.8 Å². The molecule has 1 heterocycles. The van der Waals surface area contributed by atoms with E-state index in [0.717, 1.165) is 6.07 Å². The van der Waals surface area contributed by atoms with E-state index < -0.39 is 22.9 Å². The zero-order valence-corrected chi connectivity index (χ0v) is 11.2. The van der Waals surface area contributed by atoms with Gasteiger partial charge >= 0.3 is 6.08 Å². The van der Waals surface area contributed by atoms with E-state index in [2.05, 4.69) is 5.32 Å². The zero-order valence-electron chi connectivity index (χ0n) is 10.4. The zero-order chi connectivity index (χ0) is 14.7. The number of hydrogen-bond acceptors (Lipinski definition) is 2. The summed E-state index contributed by atoms with van der Waals surface area (Å²) in [6.45, 7) is 1.40. The maximum atomic E-state index is 13.8. The van der Waals surface area contributed by atoms with Crippen LogP contribution in [0.25, 0.3) is 0 Å². The molecule has 0 aliphatic carbocycles. The number of hydrogen-bond donors (Lipinski definition) is 1. The maximum absolute atomic E-state index is 13.8. The number of thioether (sulfide) groups is 1. The molecule has 0 atom stereocenters. The van der Waals surface area contributed by atoms with Crippen LogP contribution in [0.1, 0.15) is 24.3 Å². The standard InChI is InChI=1S/C13H12F5NS/c14-9-2-1-8(7-3-5-19-6-4-7)11(10(9)15)20-13(18)12(16)17/h1-2,7,19H,3-6H2. The first-order valence-electron chi connectivity index (χ1n) is 6.08. The third-order valence-corrected chi connectivity index (χ3v) is 4.15. The minimum Gasteiger partial charge on any atom is -0.317 e. The van der Waals surface area contributed by atoms with Crippen molar-refractivity contribution in [2.75, 3.05) is 13.1 Å². The van der Waals surface area contributed by atoms with Crippen molar-refractivity contribution in [1.82, 2.24) is 5.32 Å². The third-order valence-electron chi connectivity index (χ3n) is 3.20. The predicted octanol–water partition coefficient (Wildman–Crippen LogP) is 4.56. The molecule has 1 aliphatic heterocycles. The molecule has 1 fully saturated rings. The Morgan fingerprint density at radius 2 is 1.75 bits per heavy atom. The first-order valence-corrected chi connectivity index (χ1v) is 6.89. The largest absolute Gasteiger partial charge is 0.317 e. The van der Waals surface area contributed by atoms with Crippen LogP contribution in [0.3, 0.4) is 0 Å². The lowest BCUT2D eigenvalue weighted by Crippen LogP contribution is -2.27. The third kappa shape index (κ3) is 3.32. The number of benzene rings is 1.